The van der Waals surface area contributed by atoms with Gasteiger partial charge in [-0.1, -0.05) is 39.1 Å². The molecular formula is C15H22NOPS. The van der Waals surface area contributed by atoms with Gasteiger partial charge in [0.1, 0.15) is 0 Å². The highest BCUT2D eigenvalue weighted by Crippen LogP contribution is 2.36. The van der Waals surface area contributed by atoms with Crippen LogP contribution in [0, 0.1) is 0 Å². The fraction of sp³-hybridized carbons (Fsp3) is 0.467. The van der Waals surface area contributed by atoms with Gasteiger partial charge >= 0.3 is 0 Å². The molecule has 2 nitrogen and oxygen atoms in total. The number of nitrogens with one attached hydrogen (secondary N) is 1. The lowest BCUT2D eigenvalue weighted by Gasteiger charge is -2.24. The molecule has 19 heavy (non-hydrogen) atoms. The average molecular weight is 295 g/mol. The Morgan fingerprint density at radius 3 is 3.16 bits per heavy atom. The summed E-state index contributed by atoms with van der Waals surface area (Å²) in [6.07, 6.45) is 14.2. The number of aliphatic hydroxyl groups excluding tert-OH is 1. The van der Waals surface area contributed by atoms with E-state index >= 15 is 0 Å². The van der Waals surface area contributed by atoms with Crippen LogP contribution in [0.2, 0.25) is 0 Å². The molecule has 104 valence electrons. The summed E-state index contributed by atoms with van der Waals surface area (Å²) in [5.41, 5.74) is 2.66. The van der Waals surface area contributed by atoms with Crippen LogP contribution in [0.5, 0.6) is 0 Å². The van der Waals surface area contributed by atoms with Gasteiger partial charge in [0.25, 0.3) is 0 Å². The number of thioether (sulfide) groups is 1. The average Bonchev–Trinajstić information content (AvgIpc) is 2.47. The normalized spacial score (nSPS) is 23.5. The predicted octanol–water partition coefficient (Wildman–Crippen LogP) is 3.38. The number of hydrogen-bond acceptors (Lipinski definition) is 3. The van der Waals surface area contributed by atoms with E-state index in [1.165, 1.54) is 16.1 Å². The maximum absolute atomic E-state index is 9.45. The fourth-order valence-corrected chi connectivity index (χ4v) is 3.98. The van der Waals surface area contributed by atoms with Gasteiger partial charge in [-0.15, -0.1) is 11.8 Å². The Kier molecular flexibility index (Phi) is 6.39. The van der Waals surface area contributed by atoms with Crippen LogP contribution in [0.4, 0.5) is 0 Å². The Morgan fingerprint density at radius 2 is 2.37 bits per heavy atom. The van der Waals surface area contributed by atoms with Crippen LogP contribution >= 0.6 is 20.5 Å². The summed E-state index contributed by atoms with van der Waals surface area (Å²) < 4.78 is 0. The van der Waals surface area contributed by atoms with Crippen molar-refractivity contribution >= 4 is 20.5 Å². The zero-order valence-corrected chi connectivity index (χ0v) is 13.2. The topological polar surface area (TPSA) is 32.3 Å². The van der Waals surface area contributed by atoms with E-state index in [1.807, 2.05) is 11.8 Å². The van der Waals surface area contributed by atoms with Crippen molar-refractivity contribution in [1.82, 2.24) is 5.09 Å². The predicted molar refractivity (Wildman–Crippen MR) is 87.9 cm³/mol. The second kappa shape index (κ2) is 8.06. The molecule has 2 rings (SSSR count). The summed E-state index contributed by atoms with van der Waals surface area (Å²) in [6, 6.07) is 0. The summed E-state index contributed by atoms with van der Waals surface area (Å²) in [5.74, 6) is 0. The van der Waals surface area contributed by atoms with Crippen molar-refractivity contribution in [1.29, 1.82) is 0 Å². The van der Waals surface area contributed by atoms with E-state index in [-0.39, 0.29) is 6.61 Å². The third-order valence-corrected chi connectivity index (χ3v) is 5.36. The Labute approximate surface area is 122 Å². The molecular weight excluding hydrogens is 273 g/mol. The molecule has 0 bridgehead atoms. The number of hydrogen-bond donors (Lipinski definition) is 2. The van der Waals surface area contributed by atoms with Gasteiger partial charge in [-0.2, -0.15) is 0 Å². The molecule has 4 heteroatoms. The van der Waals surface area contributed by atoms with E-state index in [4.69, 9.17) is 0 Å². The Morgan fingerprint density at radius 1 is 1.47 bits per heavy atom. The molecule has 0 aromatic heterocycles. The van der Waals surface area contributed by atoms with Crippen LogP contribution in [0.3, 0.4) is 0 Å². The van der Waals surface area contributed by atoms with Crippen LogP contribution in [0.1, 0.15) is 19.3 Å². The molecule has 0 spiro atoms. The molecule has 0 saturated heterocycles. The molecule has 2 N–H and O–H groups in total. The molecule has 2 unspecified atom stereocenters. The summed E-state index contributed by atoms with van der Waals surface area (Å²) in [5, 5.41) is 13.4. The van der Waals surface area contributed by atoms with Crippen molar-refractivity contribution in [3.63, 3.8) is 0 Å². The van der Waals surface area contributed by atoms with Gasteiger partial charge in [0, 0.05) is 16.7 Å². The van der Waals surface area contributed by atoms with Crippen LogP contribution in [-0.4, -0.2) is 30.2 Å². The Bertz CT molecular complexity index is 426. The number of rotatable bonds is 6. The van der Waals surface area contributed by atoms with Crippen molar-refractivity contribution < 1.29 is 5.11 Å². The van der Waals surface area contributed by atoms with E-state index in [9.17, 15) is 5.11 Å². The zero-order valence-electron chi connectivity index (χ0n) is 11.4. The van der Waals surface area contributed by atoms with E-state index in [1.54, 1.807) is 0 Å². The minimum Gasteiger partial charge on any atom is -0.392 e. The molecule has 2 atom stereocenters. The van der Waals surface area contributed by atoms with Crippen molar-refractivity contribution in [2.24, 2.45) is 0 Å². The van der Waals surface area contributed by atoms with Gasteiger partial charge in [0.2, 0.25) is 0 Å². The maximum atomic E-state index is 9.45. The van der Waals surface area contributed by atoms with E-state index in [0.29, 0.717) is 5.25 Å². The first-order valence-corrected chi connectivity index (χ1v) is 9.14. The lowest BCUT2D eigenvalue weighted by molar-refractivity contribution is 0.326. The molecule has 0 aliphatic heterocycles. The van der Waals surface area contributed by atoms with Crippen LogP contribution in [0.15, 0.2) is 46.4 Å². The fourth-order valence-electron chi connectivity index (χ4n) is 2.26. The SMILES string of the molecule is CPNCC1=CC=CCC1SC1=C(CO)CCC=C1. The summed E-state index contributed by atoms with van der Waals surface area (Å²) >= 11 is 1.91. The van der Waals surface area contributed by atoms with Crippen molar-refractivity contribution in [2.45, 2.75) is 24.5 Å². The largest absolute Gasteiger partial charge is 0.392 e. The first-order valence-electron chi connectivity index (χ1n) is 6.76. The Hall–Kier alpha value is -0.340. The number of allylic oxidation sites excluding steroid dienone is 5. The Balaban J connectivity index is 2.04. The molecule has 2 aliphatic rings. The highest BCUT2D eigenvalue weighted by molar-refractivity contribution is 8.04. The van der Waals surface area contributed by atoms with Crippen molar-refractivity contribution in [3.8, 4) is 0 Å². The lowest BCUT2D eigenvalue weighted by atomic mass is 10.0. The van der Waals surface area contributed by atoms with Gasteiger partial charge in [0.15, 0.2) is 0 Å². The molecule has 0 aromatic carbocycles. The molecule has 0 radical (unpaired) electrons. The minimum atomic E-state index is 0.197. The van der Waals surface area contributed by atoms with Gasteiger partial charge in [-0.05, 0) is 37.1 Å². The standard InChI is InChI=1S/C15H22NOPS/c1-18-16-10-12-6-2-4-8-14(12)19-15-9-5-3-7-13(15)11-17/h2,4-6,9,14,16-18H,3,7-8,10-11H2,1H3. The van der Waals surface area contributed by atoms with E-state index < -0.39 is 0 Å². The molecule has 0 heterocycles. The van der Waals surface area contributed by atoms with Crippen LogP contribution < -0.4 is 5.09 Å². The molecule has 2 aliphatic carbocycles. The van der Waals surface area contributed by atoms with Gasteiger partial charge < -0.3 is 5.11 Å². The minimum absolute atomic E-state index is 0.197. The molecule has 0 aromatic rings. The van der Waals surface area contributed by atoms with E-state index in [0.717, 1.165) is 34.5 Å². The second-order valence-electron chi connectivity index (χ2n) is 4.68. The molecule has 0 amide bonds. The molecule has 0 saturated carbocycles. The zero-order chi connectivity index (χ0) is 13.5. The molecule has 0 fully saturated rings. The monoisotopic (exact) mass is 295 g/mol. The number of aliphatic hydroxyl groups is 1. The summed E-state index contributed by atoms with van der Waals surface area (Å²) in [7, 11) is 0.784. The van der Waals surface area contributed by atoms with Crippen molar-refractivity contribution in [2.75, 3.05) is 19.8 Å². The first kappa shape index (κ1) is 15.1. The summed E-state index contributed by atoms with van der Waals surface area (Å²) in [6.45, 7) is 3.34. The van der Waals surface area contributed by atoms with Gasteiger partial charge in [-0.25, -0.2) is 0 Å². The van der Waals surface area contributed by atoms with Gasteiger partial charge in [0.05, 0.1) is 6.61 Å². The smallest absolute Gasteiger partial charge is 0.0655 e. The van der Waals surface area contributed by atoms with Crippen molar-refractivity contribution in [3.05, 3.63) is 46.4 Å². The van der Waals surface area contributed by atoms with E-state index in [2.05, 4.69) is 42.1 Å². The third-order valence-electron chi connectivity index (χ3n) is 3.37. The highest BCUT2D eigenvalue weighted by atomic mass is 32.2. The third kappa shape index (κ3) is 4.32. The second-order valence-corrected chi connectivity index (χ2v) is 6.78. The maximum Gasteiger partial charge on any atom is 0.0655 e. The van der Waals surface area contributed by atoms with Gasteiger partial charge in [-0.3, -0.25) is 5.09 Å². The summed E-state index contributed by atoms with van der Waals surface area (Å²) in [4.78, 5) is 1.28. The lowest BCUT2D eigenvalue weighted by Crippen LogP contribution is -2.18. The quantitative estimate of drug-likeness (QED) is 0.737. The van der Waals surface area contributed by atoms with Crippen LogP contribution in [-0.2, 0) is 0 Å². The highest BCUT2D eigenvalue weighted by Gasteiger charge is 2.19. The first-order chi connectivity index (χ1) is 9.35. The van der Waals surface area contributed by atoms with Crippen LogP contribution in [0.25, 0.3) is 0 Å².